The molecule has 0 saturated carbocycles. The molecule has 5 aromatic carbocycles. The number of benzene rings is 5. The van der Waals surface area contributed by atoms with Gasteiger partial charge in [-0.05, 0) is 140 Å². The number of hydrogen-bond donors (Lipinski definition) is 3. The molecule has 0 radical (unpaired) electrons. The molecular weight excluding hydrogens is 1160 g/mol. The zero-order chi connectivity index (χ0) is 56.7. The van der Waals surface area contributed by atoms with E-state index in [-0.39, 0.29) is 55.6 Å². The first-order valence-corrected chi connectivity index (χ1v) is 26.0. The predicted molar refractivity (Wildman–Crippen MR) is 291 cm³/mol. The summed E-state index contributed by atoms with van der Waals surface area (Å²) >= 11 is 12.4. The number of amides is 6. The molecule has 0 atom stereocenters. The van der Waals surface area contributed by atoms with E-state index in [1.54, 1.807) is 39.5 Å². The van der Waals surface area contributed by atoms with Crippen LogP contribution in [0.25, 0.3) is 11.1 Å². The number of rotatable bonds is 10. The predicted octanol–water partition coefficient (Wildman–Crippen LogP) is 8.32. The molecule has 5 aliphatic rings. The summed E-state index contributed by atoms with van der Waals surface area (Å²) in [5.41, 5.74) is 5.07. The number of ether oxygens (including phenoxy) is 7. The SMILES string of the molecule is COc1ccc(CCl)cc1Br.COc1ccc(CN2C(=O)CCCC2=O)cc1-c1ccc2c(c1)OCO2.COc1ccc(CN2C(=O)CCCC2=O)cc1Br.O=C1CCCC(=O)N1.OB(O)c1ccc2c(c1)OCO2.[2H]CF. The number of carbonyl (C=O) groups excluding carboxylic acids is 6. The lowest BCUT2D eigenvalue weighted by Crippen LogP contribution is -2.39. The first-order chi connectivity index (χ1) is 37.5. The average molecular weight is 1220 g/mol. The van der Waals surface area contributed by atoms with Crippen molar-refractivity contribution in [3.63, 3.8) is 0 Å². The van der Waals surface area contributed by atoms with Crippen LogP contribution in [0.1, 0.15) is 75.8 Å². The molecule has 3 fully saturated rings. The first-order valence-electron chi connectivity index (χ1n) is 24.6. The van der Waals surface area contributed by atoms with Crippen LogP contribution in [0.3, 0.4) is 0 Å². The quantitative estimate of drug-likeness (QED) is 0.0679. The van der Waals surface area contributed by atoms with Gasteiger partial charge in [0.2, 0.25) is 49.0 Å². The van der Waals surface area contributed by atoms with Crippen molar-refractivity contribution in [2.24, 2.45) is 0 Å². The van der Waals surface area contributed by atoms with Crippen molar-refractivity contribution in [2.45, 2.75) is 76.8 Å². The third-order valence-electron chi connectivity index (χ3n) is 11.8. The molecule has 3 saturated heterocycles. The lowest BCUT2D eigenvalue weighted by molar-refractivity contribution is -0.150. The molecule has 0 spiro atoms. The fraction of sp³-hybridized carbons (Fsp3) is 0.333. The van der Waals surface area contributed by atoms with E-state index in [4.69, 9.17) is 56.2 Å². The third-order valence-corrected chi connectivity index (χ3v) is 13.3. The van der Waals surface area contributed by atoms with Gasteiger partial charge in [0.25, 0.3) is 0 Å². The van der Waals surface area contributed by atoms with Crippen molar-refractivity contribution in [1.29, 1.82) is 0 Å². The number of likely N-dealkylation sites (tertiary alicyclic amines) is 2. The van der Waals surface area contributed by atoms with E-state index in [2.05, 4.69) is 37.2 Å². The van der Waals surface area contributed by atoms with Crippen LogP contribution in [0, 0.1) is 0 Å². The molecule has 77 heavy (non-hydrogen) atoms. The molecule has 5 aromatic rings. The Kier molecular flexibility index (Phi) is 23.9. The van der Waals surface area contributed by atoms with Gasteiger partial charge in [0.15, 0.2) is 23.0 Å². The fourth-order valence-corrected chi connectivity index (χ4v) is 9.17. The molecule has 0 bridgehead atoms. The highest BCUT2D eigenvalue weighted by Gasteiger charge is 2.28. The summed E-state index contributed by atoms with van der Waals surface area (Å²) in [5, 5.41) is 19.8. The van der Waals surface area contributed by atoms with Crippen LogP contribution in [0.15, 0.2) is 99.9 Å². The van der Waals surface area contributed by atoms with Crippen molar-refractivity contribution in [3.05, 3.63) is 117 Å². The summed E-state index contributed by atoms with van der Waals surface area (Å²) in [5.74, 6) is 4.74. The number of alkyl halides is 2. The van der Waals surface area contributed by atoms with Gasteiger partial charge in [0.1, 0.15) is 17.2 Å². The van der Waals surface area contributed by atoms with Gasteiger partial charge < -0.3 is 43.2 Å². The summed E-state index contributed by atoms with van der Waals surface area (Å²) in [7, 11) is 2.39. The van der Waals surface area contributed by atoms with Crippen molar-refractivity contribution in [1.82, 2.24) is 15.1 Å². The number of piperidine rings is 3. The fourth-order valence-electron chi connectivity index (χ4n) is 7.83. The van der Waals surface area contributed by atoms with E-state index < -0.39 is 14.3 Å². The van der Waals surface area contributed by atoms with Gasteiger partial charge in [-0.3, -0.25) is 48.3 Å². The first kappa shape index (κ1) is 59.5. The molecule has 18 nitrogen and oxygen atoms in total. The normalized spacial score (nSPS) is 15.0. The molecule has 5 aliphatic heterocycles. The number of halogens is 4. The highest BCUT2D eigenvalue weighted by Crippen LogP contribution is 2.39. The second kappa shape index (κ2) is 30.9. The maximum Gasteiger partial charge on any atom is 0.488 e. The van der Waals surface area contributed by atoms with Crippen molar-refractivity contribution < 1.29 is 77.7 Å². The minimum absolute atomic E-state index is 0.0850. The largest absolute Gasteiger partial charge is 0.496 e. The van der Waals surface area contributed by atoms with E-state index in [1.165, 1.54) is 9.80 Å². The number of methoxy groups -OCH3 is 3. The molecule has 0 aliphatic carbocycles. The molecule has 410 valence electrons. The molecule has 0 unspecified atom stereocenters. The summed E-state index contributed by atoms with van der Waals surface area (Å²) in [6.45, 7) is 1.02. The standard InChI is InChI=1S/C20H19NO5.C13H14BrNO3.C8H8BrClO.C7H7BO4.C5H7NO2.CH3F/c1-24-16-7-5-13(11-21-19(22)3-2-4-20(21)23)9-15(16)14-6-8-17-18(10-14)26-12-25-17;1-18-11-6-5-9(7-10(11)14)8-15-12(16)3-2-4-13(15)17;1-11-8-3-2-6(5-10)4-7(8)9;9-8(10)5-1-2-6-7(3-5)12-4-11-6;7-4-2-1-3-5(8)6-4;1-2/h5-10H,2-4,11-12H2,1H3;5-7H,2-4,8H2,1H3;2-4H,5H2,1H3;1-3,9-10H,4H2;1-3H2,(H,6,7,8);1H3/i;;;;;1D. The van der Waals surface area contributed by atoms with Crippen LogP contribution in [0.2, 0.25) is 0 Å². The molecule has 23 heteroatoms. The Morgan fingerprint density at radius 1 is 0.584 bits per heavy atom. The smallest absolute Gasteiger partial charge is 0.488 e. The summed E-state index contributed by atoms with van der Waals surface area (Å²) in [6.07, 6.45) is 4.81. The third kappa shape index (κ3) is 17.9. The number of nitrogens with zero attached hydrogens (tertiary/aromatic N) is 2. The number of imide groups is 3. The van der Waals surface area contributed by atoms with Crippen molar-refractivity contribution >= 4 is 91.5 Å². The van der Waals surface area contributed by atoms with E-state index >= 15 is 0 Å². The van der Waals surface area contributed by atoms with Gasteiger partial charge in [-0.1, -0.05) is 30.3 Å². The molecular formula is C54H58BBr2ClFN3O15. The number of carbonyl (C=O) groups is 6. The van der Waals surface area contributed by atoms with Gasteiger partial charge in [-0.2, -0.15) is 0 Å². The summed E-state index contributed by atoms with van der Waals surface area (Å²) in [4.78, 5) is 70.9. The average Bonchev–Trinajstić information content (AvgIpc) is 4.14. The van der Waals surface area contributed by atoms with Crippen LogP contribution in [-0.4, -0.2) is 104 Å². The molecule has 3 N–H and O–H groups in total. The van der Waals surface area contributed by atoms with Gasteiger partial charge in [-0.25, -0.2) is 0 Å². The highest BCUT2D eigenvalue weighted by molar-refractivity contribution is 9.11. The number of nitrogens with one attached hydrogen (secondary N) is 1. The topological polar surface area (TPSA) is 226 Å². The Hall–Kier alpha value is -6.72. The van der Waals surface area contributed by atoms with Gasteiger partial charge in [0, 0.05) is 50.0 Å². The lowest BCUT2D eigenvalue weighted by atomic mass is 9.80. The zero-order valence-corrected chi connectivity index (χ0v) is 46.4. The number of hydrogen-bond acceptors (Lipinski definition) is 15. The molecule has 5 heterocycles. The van der Waals surface area contributed by atoms with Crippen molar-refractivity contribution in [2.75, 3.05) is 42.1 Å². The van der Waals surface area contributed by atoms with Gasteiger partial charge in [-0.15, -0.1) is 11.6 Å². The van der Waals surface area contributed by atoms with Crippen LogP contribution in [0.5, 0.6) is 40.2 Å². The molecule has 10 rings (SSSR count). The maximum absolute atomic E-state index is 12.1. The van der Waals surface area contributed by atoms with E-state index in [9.17, 15) is 33.2 Å². The summed E-state index contributed by atoms with van der Waals surface area (Å²) in [6, 6.07) is 27.5. The monoisotopic (exact) mass is 1210 g/mol. The Morgan fingerprint density at radius 2 is 1.00 bits per heavy atom. The Labute approximate surface area is 468 Å². The Balaban J connectivity index is 0.000000188. The lowest BCUT2D eigenvalue weighted by Gasteiger charge is -2.25. The van der Waals surface area contributed by atoms with Crippen LogP contribution in [0.4, 0.5) is 4.39 Å². The molecule has 0 aromatic heterocycles. The van der Waals surface area contributed by atoms with Crippen molar-refractivity contribution in [3.8, 4) is 51.4 Å². The van der Waals surface area contributed by atoms with Crippen LogP contribution in [-0.2, 0) is 47.7 Å². The number of fused-ring (bicyclic) bond motifs is 2. The second-order valence-electron chi connectivity index (χ2n) is 16.9. The van der Waals surface area contributed by atoms with Gasteiger partial charge in [0.05, 0.1) is 51.9 Å². The van der Waals surface area contributed by atoms with E-state index in [1.807, 2.05) is 72.8 Å². The maximum atomic E-state index is 12.1. The molecule has 6 amide bonds. The zero-order valence-electron chi connectivity index (χ0n) is 43.5. The van der Waals surface area contributed by atoms with Crippen LogP contribution < -0.4 is 43.9 Å². The van der Waals surface area contributed by atoms with Gasteiger partial charge >= 0.3 is 7.12 Å². The van der Waals surface area contributed by atoms with E-state index in [0.717, 1.165) is 48.3 Å². The van der Waals surface area contributed by atoms with Crippen LogP contribution >= 0.6 is 43.5 Å². The second-order valence-corrected chi connectivity index (χ2v) is 18.9. The Morgan fingerprint density at radius 3 is 1.44 bits per heavy atom. The Bertz CT molecular complexity index is 2860. The van der Waals surface area contributed by atoms with E-state index in [0.29, 0.717) is 104 Å². The minimum Gasteiger partial charge on any atom is -0.496 e. The highest BCUT2D eigenvalue weighted by atomic mass is 79.9. The minimum atomic E-state index is -1.46. The summed E-state index contributed by atoms with van der Waals surface area (Å²) < 4.78 is 53.8.